The van der Waals surface area contributed by atoms with Crippen molar-refractivity contribution in [3.05, 3.63) is 42.0 Å². The Bertz CT molecular complexity index is 509. The molecule has 0 fully saturated rings. The molecule has 0 saturated carbocycles. The first-order chi connectivity index (χ1) is 7.70. The molecule has 0 amide bonds. The molecule has 0 saturated heterocycles. The Morgan fingerprint density at radius 3 is 2.69 bits per heavy atom. The maximum atomic E-state index is 9.35. The standard InChI is InChI=1S/C13H14N2O/c1-9-8-10(16)6-7-11(9)12-4-3-5-13(14-2)15-12/h3-8,16H,1-2H3,(H,14,15). The zero-order chi connectivity index (χ0) is 11.5. The first-order valence-corrected chi connectivity index (χ1v) is 5.15. The van der Waals surface area contributed by atoms with Crippen molar-refractivity contribution in [3.63, 3.8) is 0 Å². The van der Waals surface area contributed by atoms with Crippen LogP contribution in [-0.4, -0.2) is 17.1 Å². The number of pyridine rings is 1. The monoisotopic (exact) mass is 214 g/mol. The normalized spacial score (nSPS) is 10.1. The van der Waals surface area contributed by atoms with E-state index in [2.05, 4.69) is 10.3 Å². The summed E-state index contributed by atoms with van der Waals surface area (Å²) in [5.41, 5.74) is 2.96. The third-order valence-corrected chi connectivity index (χ3v) is 2.49. The zero-order valence-electron chi connectivity index (χ0n) is 9.36. The molecule has 16 heavy (non-hydrogen) atoms. The minimum Gasteiger partial charge on any atom is -0.508 e. The Balaban J connectivity index is 2.49. The van der Waals surface area contributed by atoms with Crippen LogP contribution in [0.15, 0.2) is 36.4 Å². The van der Waals surface area contributed by atoms with Crippen LogP contribution in [0.2, 0.25) is 0 Å². The number of rotatable bonds is 2. The van der Waals surface area contributed by atoms with Crippen molar-refractivity contribution < 1.29 is 5.11 Å². The van der Waals surface area contributed by atoms with Crippen molar-refractivity contribution in [2.24, 2.45) is 0 Å². The summed E-state index contributed by atoms with van der Waals surface area (Å²) in [4.78, 5) is 4.46. The average molecular weight is 214 g/mol. The smallest absolute Gasteiger partial charge is 0.126 e. The Labute approximate surface area is 94.8 Å². The summed E-state index contributed by atoms with van der Waals surface area (Å²) < 4.78 is 0. The van der Waals surface area contributed by atoms with Crippen LogP contribution in [-0.2, 0) is 0 Å². The van der Waals surface area contributed by atoms with Crippen LogP contribution in [0.25, 0.3) is 11.3 Å². The molecule has 1 heterocycles. The summed E-state index contributed by atoms with van der Waals surface area (Å²) in [6, 6.07) is 11.1. The fourth-order valence-corrected chi connectivity index (χ4v) is 1.66. The van der Waals surface area contributed by atoms with E-state index in [0.29, 0.717) is 0 Å². The molecule has 1 aromatic carbocycles. The second-order valence-corrected chi connectivity index (χ2v) is 3.66. The molecule has 0 atom stereocenters. The van der Waals surface area contributed by atoms with Crippen LogP contribution < -0.4 is 5.32 Å². The third kappa shape index (κ3) is 1.98. The summed E-state index contributed by atoms with van der Waals surface area (Å²) in [5, 5.41) is 12.4. The van der Waals surface area contributed by atoms with Crippen LogP contribution in [0.5, 0.6) is 5.75 Å². The number of phenols is 1. The molecule has 0 spiro atoms. The maximum absolute atomic E-state index is 9.35. The molecule has 0 bridgehead atoms. The molecular weight excluding hydrogens is 200 g/mol. The van der Waals surface area contributed by atoms with E-state index < -0.39 is 0 Å². The quantitative estimate of drug-likeness (QED) is 0.808. The fourth-order valence-electron chi connectivity index (χ4n) is 1.66. The lowest BCUT2D eigenvalue weighted by Crippen LogP contribution is -1.94. The molecule has 0 aliphatic heterocycles. The molecule has 0 aliphatic rings. The van der Waals surface area contributed by atoms with Gasteiger partial charge in [-0.25, -0.2) is 4.98 Å². The number of nitrogens with zero attached hydrogens (tertiary/aromatic N) is 1. The van der Waals surface area contributed by atoms with Gasteiger partial charge < -0.3 is 10.4 Å². The molecule has 2 aromatic rings. The number of hydrogen-bond acceptors (Lipinski definition) is 3. The van der Waals surface area contributed by atoms with E-state index in [1.807, 2.05) is 38.2 Å². The second-order valence-electron chi connectivity index (χ2n) is 3.66. The number of phenolic OH excluding ortho intramolecular Hbond substituents is 1. The highest BCUT2D eigenvalue weighted by Gasteiger charge is 2.04. The topological polar surface area (TPSA) is 45.1 Å². The van der Waals surface area contributed by atoms with E-state index >= 15 is 0 Å². The minimum atomic E-state index is 0.283. The lowest BCUT2D eigenvalue weighted by molar-refractivity contribution is 0.475. The van der Waals surface area contributed by atoms with Gasteiger partial charge in [0.2, 0.25) is 0 Å². The van der Waals surface area contributed by atoms with Crippen molar-refractivity contribution in [3.8, 4) is 17.0 Å². The molecule has 3 nitrogen and oxygen atoms in total. The third-order valence-electron chi connectivity index (χ3n) is 2.49. The second kappa shape index (κ2) is 4.23. The van der Waals surface area contributed by atoms with Gasteiger partial charge in [-0.2, -0.15) is 0 Å². The highest BCUT2D eigenvalue weighted by Crippen LogP contribution is 2.25. The summed E-state index contributed by atoms with van der Waals surface area (Å²) in [6.45, 7) is 1.96. The molecule has 0 aliphatic carbocycles. The van der Waals surface area contributed by atoms with Gasteiger partial charge in [0.05, 0.1) is 5.69 Å². The predicted molar refractivity (Wildman–Crippen MR) is 65.6 cm³/mol. The average Bonchev–Trinajstić information content (AvgIpc) is 2.29. The van der Waals surface area contributed by atoms with Gasteiger partial charge in [0, 0.05) is 12.6 Å². The van der Waals surface area contributed by atoms with Crippen LogP contribution in [0.1, 0.15) is 5.56 Å². The van der Waals surface area contributed by atoms with E-state index in [9.17, 15) is 5.11 Å². The highest BCUT2D eigenvalue weighted by molar-refractivity contribution is 5.66. The molecule has 3 heteroatoms. The summed E-state index contributed by atoms with van der Waals surface area (Å²) in [6.07, 6.45) is 0. The predicted octanol–water partition coefficient (Wildman–Crippen LogP) is 2.80. The van der Waals surface area contributed by atoms with E-state index in [0.717, 1.165) is 22.6 Å². The Kier molecular flexibility index (Phi) is 2.77. The van der Waals surface area contributed by atoms with Crippen molar-refractivity contribution >= 4 is 5.82 Å². The number of aryl methyl sites for hydroxylation is 1. The number of aromatic hydroxyl groups is 1. The van der Waals surface area contributed by atoms with E-state index in [-0.39, 0.29) is 5.75 Å². The van der Waals surface area contributed by atoms with Gasteiger partial charge in [-0.1, -0.05) is 6.07 Å². The first-order valence-electron chi connectivity index (χ1n) is 5.15. The number of aromatic nitrogens is 1. The summed E-state index contributed by atoms with van der Waals surface area (Å²) >= 11 is 0. The van der Waals surface area contributed by atoms with Gasteiger partial charge in [-0.05, 0) is 42.8 Å². The van der Waals surface area contributed by atoms with Gasteiger partial charge in [0.25, 0.3) is 0 Å². The highest BCUT2D eigenvalue weighted by atomic mass is 16.3. The van der Waals surface area contributed by atoms with Gasteiger partial charge in [-0.3, -0.25) is 0 Å². The number of hydrogen-bond donors (Lipinski definition) is 2. The van der Waals surface area contributed by atoms with Crippen LogP contribution in [0.3, 0.4) is 0 Å². The molecular formula is C13H14N2O. The zero-order valence-corrected chi connectivity index (χ0v) is 9.36. The van der Waals surface area contributed by atoms with E-state index in [1.54, 1.807) is 12.1 Å². The van der Waals surface area contributed by atoms with Gasteiger partial charge in [0.15, 0.2) is 0 Å². The maximum Gasteiger partial charge on any atom is 0.126 e. The van der Waals surface area contributed by atoms with Crippen molar-refractivity contribution in [1.29, 1.82) is 0 Å². The largest absolute Gasteiger partial charge is 0.508 e. The van der Waals surface area contributed by atoms with Gasteiger partial charge >= 0.3 is 0 Å². The van der Waals surface area contributed by atoms with Gasteiger partial charge in [-0.15, -0.1) is 0 Å². The molecule has 82 valence electrons. The van der Waals surface area contributed by atoms with Crippen molar-refractivity contribution in [2.45, 2.75) is 6.92 Å². The van der Waals surface area contributed by atoms with E-state index in [1.165, 1.54) is 0 Å². The van der Waals surface area contributed by atoms with E-state index in [4.69, 9.17) is 0 Å². The Hall–Kier alpha value is -2.03. The Morgan fingerprint density at radius 1 is 1.19 bits per heavy atom. The molecule has 2 N–H and O–H groups in total. The lowest BCUT2D eigenvalue weighted by atomic mass is 10.0. The van der Waals surface area contributed by atoms with Crippen LogP contribution in [0, 0.1) is 6.92 Å². The van der Waals surface area contributed by atoms with Gasteiger partial charge in [0.1, 0.15) is 11.6 Å². The van der Waals surface area contributed by atoms with Crippen molar-refractivity contribution in [2.75, 3.05) is 12.4 Å². The summed E-state index contributed by atoms with van der Waals surface area (Å²) in [7, 11) is 1.84. The molecule has 0 unspecified atom stereocenters. The molecule has 0 radical (unpaired) electrons. The number of anilines is 1. The van der Waals surface area contributed by atoms with Crippen LogP contribution >= 0.6 is 0 Å². The SMILES string of the molecule is CNc1cccc(-c2ccc(O)cc2C)n1. The Morgan fingerprint density at radius 2 is 2.00 bits per heavy atom. The molecule has 2 rings (SSSR count). The lowest BCUT2D eigenvalue weighted by Gasteiger charge is -2.07. The van der Waals surface area contributed by atoms with Crippen molar-refractivity contribution in [1.82, 2.24) is 4.98 Å². The van der Waals surface area contributed by atoms with Crippen LogP contribution in [0.4, 0.5) is 5.82 Å². The molecule has 1 aromatic heterocycles. The first kappa shape index (κ1) is 10.5. The fraction of sp³-hybridized carbons (Fsp3) is 0.154. The number of benzene rings is 1. The summed E-state index contributed by atoms with van der Waals surface area (Å²) in [5.74, 6) is 1.12. The number of nitrogens with one attached hydrogen (secondary N) is 1. The minimum absolute atomic E-state index is 0.283.